The van der Waals surface area contributed by atoms with Gasteiger partial charge in [0.1, 0.15) is 23.1 Å². The first-order valence-electron chi connectivity index (χ1n) is 12.3. The fourth-order valence-corrected chi connectivity index (χ4v) is 4.39. The summed E-state index contributed by atoms with van der Waals surface area (Å²) in [6, 6.07) is 23.1. The van der Waals surface area contributed by atoms with E-state index in [0.29, 0.717) is 0 Å². The molecule has 39 heavy (non-hydrogen) atoms. The number of phenolic OH excluding ortho intramolecular Hbond substituents is 2. The van der Waals surface area contributed by atoms with Crippen molar-refractivity contribution in [3.8, 4) is 11.5 Å². The Balaban J connectivity index is 0.000000204. The predicted octanol–water partition coefficient (Wildman–Crippen LogP) is 6.98. The minimum absolute atomic E-state index is 0. The number of hydrogen-bond acceptors (Lipinski definition) is 2. The molecule has 0 unspecified atom stereocenters. The van der Waals surface area contributed by atoms with Crippen LogP contribution in [0.3, 0.4) is 0 Å². The van der Waals surface area contributed by atoms with Crippen LogP contribution in [-0.4, -0.2) is 10.2 Å². The van der Waals surface area contributed by atoms with Crippen LogP contribution in [0.4, 0.5) is 8.78 Å². The van der Waals surface area contributed by atoms with Crippen LogP contribution in [-0.2, 0) is 26.2 Å². The quantitative estimate of drug-likeness (QED) is 0.205. The smallest absolute Gasteiger partial charge is 0.123 e. The number of phenols is 2. The fourth-order valence-electron chi connectivity index (χ4n) is 4.39. The van der Waals surface area contributed by atoms with Crippen LogP contribution in [0.2, 0.25) is 0 Å². The Kier molecular flexibility index (Phi) is 10.4. The summed E-state index contributed by atoms with van der Waals surface area (Å²) < 4.78 is 24.0. The Hall–Kier alpha value is -3.56. The summed E-state index contributed by atoms with van der Waals surface area (Å²) in [5, 5.41) is 22.4. The number of benzene rings is 4. The van der Waals surface area contributed by atoms with E-state index in [9.17, 15) is 8.78 Å². The second kappa shape index (κ2) is 13.5. The van der Waals surface area contributed by atoms with Crippen LogP contribution in [0.25, 0.3) is 17.2 Å². The van der Waals surface area contributed by atoms with Crippen LogP contribution in [0.1, 0.15) is 38.3 Å². The standard InChI is InChI=1S/C22H19.2C6H5FO.Zr/c1-14(2)18-10-11-20-19-7-5-4-6-16(19)13-21(20)22(18)17-9-8-15(3)12-17;2*7-5-1-3-6(8)4-2-5;/h4-8,10-12H,9H2,1-3H3;2*1-4,8H;/q-1;;;. The van der Waals surface area contributed by atoms with Gasteiger partial charge in [-0.2, -0.15) is 0 Å². The Morgan fingerprint density at radius 2 is 1.31 bits per heavy atom. The van der Waals surface area contributed by atoms with E-state index >= 15 is 0 Å². The molecule has 0 radical (unpaired) electrons. The summed E-state index contributed by atoms with van der Waals surface area (Å²) in [5.41, 5.74) is 6.80. The average molecular weight is 599 g/mol. The largest absolute Gasteiger partial charge is 0.508 e. The van der Waals surface area contributed by atoms with Crippen molar-refractivity contribution in [3.05, 3.63) is 146 Å². The number of allylic oxidation sites excluding steroid dienone is 4. The van der Waals surface area contributed by atoms with E-state index in [4.69, 9.17) is 10.2 Å². The zero-order valence-corrected chi connectivity index (χ0v) is 24.6. The van der Waals surface area contributed by atoms with Gasteiger partial charge in [-0.25, -0.2) is 8.78 Å². The average Bonchev–Trinajstić information content (AvgIpc) is 3.51. The van der Waals surface area contributed by atoms with Gasteiger partial charge >= 0.3 is 0 Å². The molecule has 2 nitrogen and oxygen atoms in total. The van der Waals surface area contributed by atoms with Gasteiger partial charge in [0.05, 0.1) is 0 Å². The topological polar surface area (TPSA) is 40.5 Å². The Morgan fingerprint density at radius 3 is 1.79 bits per heavy atom. The van der Waals surface area contributed by atoms with Crippen molar-refractivity contribution in [3.63, 3.8) is 0 Å². The molecular formula is C34H29F2O2Zr-. The first-order chi connectivity index (χ1) is 18.2. The van der Waals surface area contributed by atoms with Gasteiger partial charge < -0.3 is 10.2 Å². The van der Waals surface area contributed by atoms with Gasteiger partial charge in [-0.1, -0.05) is 70.0 Å². The van der Waals surface area contributed by atoms with Crippen LogP contribution in [0.5, 0.6) is 11.5 Å². The SMILES string of the molecule is CC1=CCC(c2c3c(ccc2=C(C)C)=c2ccccc2=[C-]3)=C1.Oc1ccc(F)cc1.Oc1ccc(F)cc1.[Zr]. The third-order valence-corrected chi connectivity index (χ3v) is 6.24. The van der Waals surface area contributed by atoms with Gasteiger partial charge in [0.2, 0.25) is 0 Å². The summed E-state index contributed by atoms with van der Waals surface area (Å²) in [5.74, 6) is -0.483. The van der Waals surface area contributed by atoms with Crippen LogP contribution >= 0.6 is 0 Å². The molecule has 2 N–H and O–H groups in total. The molecule has 0 saturated heterocycles. The molecule has 2 aliphatic rings. The van der Waals surface area contributed by atoms with Gasteiger partial charge in [0.15, 0.2) is 0 Å². The maximum atomic E-state index is 12.0. The monoisotopic (exact) mass is 597 g/mol. The van der Waals surface area contributed by atoms with Gasteiger partial charge in [0.25, 0.3) is 0 Å². The molecule has 4 aromatic carbocycles. The van der Waals surface area contributed by atoms with Crippen molar-refractivity contribution in [2.75, 3.05) is 0 Å². The fraction of sp³-hybridized carbons (Fsp3) is 0.118. The predicted molar refractivity (Wildman–Crippen MR) is 150 cm³/mol. The van der Waals surface area contributed by atoms with E-state index in [1.54, 1.807) is 0 Å². The zero-order chi connectivity index (χ0) is 27.2. The van der Waals surface area contributed by atoms with Crippen LogP contribution in [0.15, 0.2) is 103 Å². The van der Waals surface area contributed by atoms with Gasteiger partial charge in [-0.05, 0) is 75.7 Å². The molecule has 196 valence electrons. The molecule has 0 heterocycles. The molecule has 0 fully saturated rings. The summed E-state index contributed by atoms with van der Waals surface area (Å²) in [4.78, 5) is 0. The minimum Gasteiger partial charge on any atom is -0.508 e. The molecule has 5 heteroatoms. The molecule has 0 bridgehead atoms. The van der Waals surface area contributed by atoms with E-state index < -0.39 is 0 Å². The van der Waals surface area contributed by atoms with E-state index in [1.165, 1.54) is 97.3 Å². The van der Waals surface area contributed by atoms with Crippen molar-refractivity contribution in [2.45, 2.75) is 27.2 Å². The zero-order valence-electron chi connectivity index (χ0n) is 22.1. The van der Waals surface area contributed by atoms with Crippen molar-refractivity contribution < 1.29 is 45.2 Å². The Morgan fingerprint density at radius 1 is 0.744 bits per heavy atom. The maximum absolute atomic E-state index is 12.0. The third-order valence-electron chi connectivity index (χ3n) is 6.24. The van der Waals surface area contributed by atoms with E-state index in [0.717, 1.165) is 6.42 Å². The number of aromatic hydroxyl groups is 2. The minimum atomic E-state index is -0.331. The molecular weight excluding hydrogens is 570 g/mol. The maximum Gasteiger partial charge on any atom is 0.123 e. The van der Waals surface area contributed by atoms with Crippen molar-refractivity contribution in [2.24, 2.45) is 0 Å². The summed E-state index contributed by atoms with van der Waals surface area (Å²) in [6.07, 6.45) is 9.32. The Bertz CT molecular complexity index is 1650. The second-order valence-corrected chi connectivity index (χ2v) is 9.36. The van der Waals surface area contributed by atoms with Gasteiger partial charge in [-0.15, -0.1) is 33.4 Å². The molecule has 4 aromatic rings. The third kappa shape index (κ3) is 7.52. The van der Waals surface area contributed by atoms with Crippen molar-refractivity contribution in [1.82, 2.24) is 0 Å². The van der Waals surface area contributed by atoms with Crippen molar-refractivity contribution in [1.29, 1.82) is 0 Å². The summed E-state index contributed by atoms with van der Waals surface area (Å²) in [7, 11) is 0. The second-order valence-electron chi connectivity index (χ2n) is 9.36. The molecule has 0 spiro atoms. The van der Waals surface area contributed by atoms with Gasteiger partial charge in [-0.3, -0.25) is 0 Å². The van der Waals surface area contributed by atoms with Gasteiger partial charge in [0, 0.05) is 26.2 Å². The molecule has 0 amide bonds. The summed E-state index contributed by atoms with van der Waals surface area (Å²) in [6.45, 7) is 6.58. The molecule has 0 saturated carbocycles. The molecule has 0 aromatic heterocycles. The van der Waals surface area contributed by atoms with E-state index in [2.05, 4.69) is 75.4 Å². The molecule has 2 aliphatic carbocycles. The number of rotatable bonds is 1. The molecule has 0 aliphatic heterocycles. The Labute approximate surface area is 246 Å². The first-order valence-corrected chi connectivity index (χ1v) is 12.3. The van der Waals surface area contributed by atoms with E-state index in [1.807, 2.05) is 0 Å². The summed E-state index contributed by atoms with van der Waals surface area (Å²) >= 11 is 0. The normalized spacial score (nSPS) is 12.1. The van der Waals surface area contributed by atoms with E-state index in [-0.39, 0.29) is 49.3 Å². The number of halogens is 2. The number of fused-ring (bicyclic) bond motifs is 2. The van der Waals surface area contributed by atoms with Crippen LogP contribution in [0, 0.1) is 22.1 Å². The first kappa shape index (κ1) is 30.0. The van der Waals surface area contributed by atoms with Crippen molar-refractivity contribution >= 4 is 17.2 Å². The number of hydrogen-bond donors (Lipinski definition) is 2. The molecule has 0 atom stereocenters. The molecule has 6 rings (SSSR count). The van der Waals surface area contributed by atoms with Crippen LogP contribution < -0.4 is 10.4 Å².